The number of carbonyl (C=O) groups is 1. The van der Waals surface area contributed by atoms with Crippen molar-refractivity contribution in [1.82, 2.24) is 0 Å². The average molecular weight is 288 g/mol. The lowest BCUT2D eigenvalue weighted by Crippen LogP contribution is -2.27. The Labute approximate surface area is 128 Å². The van der Waals surface area contributed by atoms with E-state index in [0.717, 1.165) is 35.7 Å². The van der Waals surface area contributed by atoms with Gasteiger partial charge in [0.05, 0.1) is 0 Å². The third-order valence-electron chi connectivity index (χ3n) is 4.69. The van der Waals surface area contributed by atoms with Crippen molar-refractivity contribution in [2.24, 2.45) is 11.8 Å². The van der Waals surface area contributed by atoms with Crippen molar-refractivity contribution >= 4 is 17.3 Å². The summed E-state index contributed by atoms with van der Waals surface area (Å²) in [6, 6.07) is 5.64. The van der Waals surface area contributed by atoms with Crippen molar-refractivity contribution in [3.8, 4) is 0 Å². The van der Waals surface area contributed by atoms with Crippen molar-refractivity contribution in [3.63, 3.8) is 0 Å². The lowest BCUT2D eigenvalue weighted by molar-refractivity contribution is -0.121. The van der Waals surface area contributed by atoms with Gasteiger partial charge in [0.2, 0.25) is 5.91 Å². The SMILES string of the molecule is CCCCC1CCC(C(=O)Nc2ccc(N)cc2C)CC1. The number of unbranched alkanes of at least 4 members (excludes halogenated alkanes) is 1. The summed E-state index contributed by atoms with van der Waals surface area (Å²) in [6.07, 6.45) is 8.42. The minimum atomic E-state index is 0.178. The number of rotatable bonds is 5. The first kappa shape index (κ1) is 15.9. The van der Waals surface area contributed by atoms with Gasteiger partial charge in [0, 0.05) is 17.3 Å². The first-order valence-corrected chi connectivity index (χ1v) is 8.27. The van der Waals surface area contributed by atoms with E-state index >= 15 is 0 Å². The number of nitrogens with one attached hydrogen (secondary N) is 1. The Balaban J connectivity index is 1.84. The number of aryl methyl sites for hydroxylation is 1. The molecule has 0 aromatic heterocycles. The van der Waals surface area contributed by atoms with E-state index in [1.54, 1.807) is 0 Å². The van der Waals surface area contributed by atoms with Gasteiger partial charge in [0.15, 0.2) is 0 Å². The molecule has 1 amide bonds. The monoisotopic (exact) mass is 288 g/mol. The van der Waals surface area contributed by atoms with Gasteiger partial charge in [0.25, 0.3) is 0 Å². The molecule has 1 saturated carbocycles. The summed E-state index contributed by atoms with van der Waals surface area (Å²) in [5.41, 5.74) is 8.40. The van der Waals surface area contributed by atoms with Gasteiger partial charge in [-0.15, -0.1) is 0 Å². The molecule has 0 heterocycles. The van der Waals surface area contributed by atoms with Crippen LogP contribution in [0.4, 0.5) is 11.4 Å². The maximum absolute atomic E-state index is 12.4. The summed E-state index contributed by atoms with van der Waals surface area (Å²) in [4.78, 5) is 12.4. The van der Waals surface area contributed by atoms with Gasteiger partial charge in [0.1, 0.15) is 0 Å². The fourth-order valence-electron chi connectivity index (χ4n) is 3.27. The van der Waals surface area contributed by atoms with E-state index in [-0.39, 0.29) is 11.8 Å². The summed E-state index contributed by atoms with van der Waals surface area (Å²) in [5, 5.41) is 3.07. The minimum absolute atomic E-state index is 0.178. The van der Waals surface area contributed by atoms with Gasteiger partial charge < -0.3 is 11.1 Å². The Morgan fingerprint density at radius 3 is 2.62 bits per heavy atom. The first-order chi connectivity index (χ1) is 10.1. The second-order valence-corrected chi connectivity index (χ2v) is 6.42. The average Bonchev–Trinajstić information content (AvgIpc) is 2.48. The number of nitrogen functional groups attached to an aromatic ring is 1. The second kappa shape index (κ2) is 7.48. The molecule has 1 aliphatic carbocycles. The van der Waals surface area contributed by atoms with Crippen LogP contribution in [-0.4, -0.2) is 5.91 Å². The molecule has 1 fully saturated rings. The highest BCUT2D eigenvalue weighted by molar-refractivity contribution is 5.93. The quantitative estimate of drug-likeness (QED) is 0.783. The molecule has 0 radical (unpaired) electrons. The molecule has 3 N–H and O–H groups in total. The number of carbonyl (C=O) groups excluding carboxylic acids is 1. The molecule has 0 saturated heterocycles. The predicted octanol–water partition coefficient (Wildman–Crippen LogP) is 4.51. The van der Waals surface area contributed by atoms with E-state index in [1.807, 2.05) is 25.1 Å². The van der Waals surface area contributed by atoms with E-state index in [9.17, 15) is 4.79 Å². The molecule has 0 bridgehead atoms. The van der Waals surface area contributed by atoms with E-state index in [4.69, 9.17) is 5.73 Å². The van der Waals surface area contributed by atoms with Crippen molar-refractivity contribution in [1.29, 1.82) is 0 Å². The van der Waals surface area contributed by atoms with Crippen molar-refractivity contribution in [2.75, 3.05) is 11.1 Å². The zero-order valence-corrected chi connectivity index (χ0v) is 13.3. The Kier molecular flexibility index (Phi) is 5.66. The third-order valence-corrected chi connectivity index (χ3v) is 4.69. The molecular weight excluding hydrogens is 260 g/mol. The minimum Gasteiger partial charge on any atom is -0.399 e. The van der Waals surface area contributed by atoms with Gasteiger partial charge in [-0.1, -0.05) is 26.2 Å². The van der Waals surface area contributed by atoms with Crippen molar-refractivity contribution in [3.05, 3.63) is 23.8 Å². The number of nitrogens with two attached hydrogens (primary N) is 1. The van der Waals surface area contributed by atoms with Crippen LogP contribution >= 0.6 is 0 Å². The van der Waals surface area contributed by atoms with E-state index < -0.39 is 0 Å². The fourth-order valence-corrected chi connectivity index (χ4v) is 3.27. The van der Waals surface area contributed by atoms with Crippen LogP contribution in [0, 0.1) is 18.8 Å². The van der Waals surface area contributed by atoms with Crippen LogP contribution in [-0.2, 0) is 4.79 Å². The lowest BCUT2D eigenvalue weighted by atomic mass is 9.79. The molecule has 2 rings (SSSR count). The highest BCUT2D eigenvalue weighted by atomic mass is 16.1. The molecule has 116 valence electrons. The van der Waals surface area contributed by atoms with Gasteiger partial charge in [-0.05, 0) is 62.3 Å². The van der Waals surface area contributed by atoms with Crippen LogP contribution in [0.1, 0.15) is 57.4 Å². The van der Waals surface area contributed by atoms with Crippen LogP contribution in [0.3, 0.4) is 0 Å². The van der Waals surface area contributed by atoms with Gasteiger partial charge >= 0.3 is 0 Å². The highest BCUT2D eigenvalue weighted by Crippen LogP contribution is 2.32. The highest BCUT2D eigenvalue weighted by Gasteiger charge is 2.26. The Morgan fingerprint density at radius 2 is 2.00 bits per heavy atom. The first-order valence-electron chi connectivity index (χ1n) is 8.27. The Bertz CT molecular complexity index is 476. The van der Waals surface area contributed by atoms with Gasteiger partial charge in [-0.25, -0.2) is 0 Å². The predicted molar refractivity (Wildman–Crippen MR) is 89.2 cm³/mol. The topological polar surface area (TPSA) is 55.1 Å². The molecule has 3 nitrogen and oxygen atoms in total. The summed E-state index contributed by atoms with van der Waals surface area (Å²) in [6.45, 7) is 4.22. The zero-order chi connectivity index (χ0) is 15.2. The molecule has 3 heteroatoms. The van der Waals surface area contributed by atoms with Crippen LogP contribution in [0.15, 0.2) is 18.2 Å². The van der Waals surface area contributed by atoms with E-state index in [0.29, 0.717) is 0 Å². The number of benzene rings is 1. The second-order valence-electron chi connectivity index (χ2n) is 6.42. The fraction of sp³-hybridized carbons (Fsp3) is 0.611. The van der Waals surface area contributed by atoms with E-state index in [1.165, 1.54) is 32.1 Å². The summed E-state index contributed by atoms with van der Waals surface area (Å²) < 4.78 is 0. The standard InChI is InChI=1S/C18H28N2O/c1-3-4-5-14-6-8-15(9-7-14)18(21)20-17-11-10-16(19)12-13(17)2/h10-12,14-15H,3-9,19H2,1-2H3,(H,20,21). The molecule has 1 aromatic carbocycles. The summed E-state index contributed by atoms with van der Waals surface area (Å²) >= 11 is 0. The summed E-state index contributed by atoms with van der Waals surface area (Å²) in [7, 11) is 0. The number of hydrogen-bond acceptors (Lipinski definition) is 2. The largest absolute Gasteiger partial charge is 0.399 e. The molecule has 0 atom stereocenters. The molecular formula is C18H28N2O. The van der Waals surface area contributed by atoms with Crippen LogP contribution in [0.25, 0.3) is 0 Å². The number of hydrogen-bond donors (Lipinski definition) is 2. The van der Waals surface area contributed by atoms with Crippen LogP contribution in [0.2, 0.25) is 0 Å². The number of amides is 1. The van der Waals surface area contributed by atoms with E-state index in [2.05, 4.69) is 12.2 Å². The van der Waals surface area contributed by atoms with Crippen LogP contribution in [0.5, 0.6) is 0 Å². The molecule has 0 aliphatic heterocycles. The molecule has 0 spiro atoms. The maximum Gasteiger partial charge on any atom is 0.227 e. The third kappa shape index (κ3) is 4.48. The zero-order valence-electron chi connectivity index (χ0n) is 13.3. The summed E-state index contributed by atoms with van der Waals surface area (Å²) in [5.74, 6) is 1.20. The smallest absolute Gasteiger partial charge is 0.227 e. The van der Waals surface area contributed by atoms with Crippen LogP contribution < -0.4 is 11.1 Å². The molecule has 21 heavy (non-hydrogen) atoms. The lowest BCUT2D eigenvalue weighted by Gasteiger charge is -2.28. The normalized spacial score (nSPS) is 22.0. The molecule has 1 aromatic rings. The molecule has 1 aliphatic rings. The Morgan fingerprint density at radius 1 is 1.29 bits per heavy atom. The van der Waals surface area contributed by atoms with Crippen molar-refractivity contribution < 1.29 is 4.79 Å². The Hall–Kier alpha value is -1.51. The maximum atomic E-state index is 12.4. The van der Waals surface area contributed by atoms with Crippen molar-refractivity contribution in [2.45, 2.75) is 58.8 Å². The van der Waals surface area contributed by atoms with Gasteiger partial charge in [-0.2, -0.15) is 0 Å². The number of anilines is 2. The van der Waals surface area contributed by atoms with Gasteiger partial charge in [-0.3, -0.25) is 4.79 Å². The molecule has 0 unspecified atom stereocenters.